The van der Waals surface area contributed by atoms with Crippen molar-refractivity contribution in [1.29, 1.82) is 0 Å². The molecule has 0 saturated carbocycles. The van der Waals surface area contributed by atoms with E-state index in [9.17, 15) is 9.90 Å². The average Bonchev–Trinajstić information content (AvgIpc) is 3.43. The van der Waals surface area contributed by atoms with Crippen molar-refractivity contribution in [2.24, 2.45) is 9.98 Å². The molecule has 1 aliphatic heterocycles. The van der Waals surface area contributed by atoms with Gasteiger partial charge in [-0.3, -0.25) is 14.2 Å². The minimum Gasteiger partial charge on any atom is -0.861 e. The number of hydrogen-bond acceptors (Lipinski definition) is 8. The number of nitrogens with zero attached hydrogens (tertiary/aromatic N) is 6. The first-order chi connectivity index (χ1) is 16.8. The van der Waals surface area contributed by atoms with E-state index in [0.717, 1.165) is 17.3 Å². The van der Waals surface area contributed by atoms with E-state index in [1.807, 2.05) is 42.5 Å². The maximum atomic E-state index is 13.3. The first-order valence-corrected chi connectivity index (χ1v) is 12.0. The van der Waals surface area contributed by atoms with E-state index in [1.165, 1.54) is 21.5 Å². The summed E-state index contributed by atoms with van der Waals surface area (Å²) in [6.45, 7) is 4.27. The smallest absolute Gasteiger partial charge is 0.324 e. The van der Waals surface area contributed by atoms with Crippen molar-refractivity contribution in [2.75, 3.05) is 29.8 Å². The third kappa shape index (κ3) is 5.78. The Morgan fingerprint density at radius 1 is 1.20 bits per heavy atom. The molecule has 0 aliphatic carbocycles. The normalized spacial score (nSPS) is 15.3. The Kier molecular flexibility index (Phi) is 7.31. The molecule has 0 atom stereocenters. The van der Waals surface area contributed by atoms with Crippen LogP contribution in [0.5, 0.6) is 0 Å². The first-order valence-electron chi connectivity index (χ1n) is 11.1. The van der Waals surface area contributed by atoms with E-state index in [-0.39, 0.29) is 17.5 Å². The summed E-state index contributed by atoms with van der Waals surface area (Å²) < 4.78 is 5.05. The van der Waals surface area contributed by atoms with Crippen LogP contribution in [0.3, 0.4) is 0 Å². The fourth-order valence-electron chi connectivity index (χ4n) is 3.28. The maximum Gasteiger partial charge on any atom is 0.324 e. The zero-order valence-electron chi connectivity index (χ0n) is 20.0. The Morgan fingerprint density at radius 2 is 1.91 bits per heavy atom. The highest BCUT2D eigenvalue weighted by atomic mass is 32.2. The molecular formula is C25H26N6O3S. The van der Waals surface area contributed by atoms with Crippen LogP contribution in [0.15, 0.2) is 81.0 Å². The standard InChI is InChI=1S/C25H26N6O3S/c1-17(2)19-12-10-18(11-13-19)14-21-24(33)31(20-8-6-5-7-9-20)25(26-21)35-16-22(32)27-23-15-30(28-34-23)29(3)4/h5-15,17H,16H2,1-4H3/b21-14+. The summed E-state index contributed by atoms with van der Waals surface area (Å²) in [5.74, 6) is -0.180. The third-order valence-corrected chi connectivity index (χ3v) is 6.09. The fraction of sp³-hybridized carbons (Fsp3) is 0.240. The average molecular weight is 491 g/mol. The van der Waals surface area contributed by atoms with Crippen molar-refractivity contribution in [3.05, 3.63) is 77.6 Å². The summed E-state index contributed by atoms with van der Waals surface area (Å²) in [5, 5.41) is 18.3. The molecule has 0 bridgehead atoms. The van der Waals surface area contributed by atoms with Crippen LogP contribution in [0.25, 0.3) is 6.08 Å². The molecule has 9 nitrogen and oxygen atoms in total. The number of amides is 1. The molecule has 2 aromatic carbocycles. The maximum absolute atomic E-state index is 13.3. The molecular weight excluding hydrogens is 464 g/mol. The lowest BCUT2D eigenvalue weighted by atomic mass is 10.0. The van der Waals surface area contributed by atoms with Crippen molar-refractivity contribution < 1.29 is 19.2 Å². The van der Waals surface area contributed by atoms with Crippen LogP contribution < -0.4 is 19.8 Å². The van der Waals surface area contributed by atoms with Crippen LogP contribution in [0.4, 0.5) is 11.6 Å². The molecule has 0 saturated heterocycles. The second-order valence-corrected chi connectivity index (χ2v) is 9.27. The van der Waals surface area contributed by atoms with Crippen LogP contribution in [0.1, 0.15) is 30.9 Å². The monoisotopic (exact) mass is 490 g/mol. The number of aliphatic imine (C=N–C) groups is 2. The lowest BCUT2D eigenvalue weighted by molar-refractivity contribution is -0.753. The van der Waals surface area contributed by atoms with Crippen molar-refractivity contribution in [1.82, 2.24) is 5.27 Å². The van der Waals surface area contributed by atoms with Gasteiger partial charge in [0.2, 0.25) is 5.27 Å². The summed E-state index contributed by atoms with van der Waals surface area (Å²) in [6.07, 6.45) is 3.26. The van der Waals surface area contributed by atoms with Crippen LogP contribution in [-0.4, -0.2) is 42.1 Å². The number of amidine groups is 1. The van der Waals surface area contributed by atoms with Gasteiger partial charge >= 0.3 is 5.88 Å². The van der Waals surface area contributed by atoms with Gasteiger partial charge in [-0.15, -0.1) is 0 Å². The minimum absolute atomic E-state index is 0.0194. The SMILES string of the molecule is CC(C)c1ccc(/C=C2/N=C(SC/C([O-])=N\c3c[n+](N(C)C)no3)N(c3ccccc3)C2=O)cc1. The predicted molar refractivity (Wildman–Crippen MR) is 136 cm³/mol. The number of aromatic nitrogens is 2. The van der Waals surface area contributed by atoms with Gasteiger partial charge in [0.25, 0.3) is 12.1 Å². The van der Waals surface area contributed by atoms with E-state index >= 15 is 0 Å². The number of rotatable bonds is 7. The van der Waals surface area contributed by atoms with E-state index < -0.39 is 5.90 Å². The number of benzene rings is 2. The van der Waals surface area contributed by atoms with Gasteiger partial charge in [-0.05, 0) is 41.2 Å². The molecule has 3 aromatic rings. The Labute approximate surface area is 208 Å². The van der Waals surface area contributed by atoms with Gasteiger partial charge in [-0.2, -0.15) is 5.01 Å². The molecule has 0 spiro atoms. The Morgan fingerprint density at radius 3 is 2.54 bits per heavy atom. The van der Waals surface area contributed by atoms with Crippen LogP contribution in [0.2, 0.25) is 0 Å². The second kappa shape index (κ2) is 10.6. The van der Waals surface area contributed by atoms with Gasteiger partial charge in [0.1, 0.15) is 5.70 Å². The van der Waals surface area contributed by atoms with Crippen molar-refractivity contribution in [3.63, 3.8) is 0 Å². The van der Waals surface area contributed by atoms with Crippen LogP contribution in [0, 0.1) is 0 Å². The molecule has 10 heteroatoms. The highest BCUT2D eigenvalue weighted by molar-refractivity contribution is 8.14. The lowest BCUT2D eigenvalue weighted by Gasteiger charge is -2.18. The van der Waals surface area contributed by atoms with Gasteiger partial charge < -0.3 is 5.11 Å². The molecule has 0 N–H and O–H groups in total. The van der Waals surface area contributed by atoms with Crippen molar-refractivity contribution in [2.45, 2.75) is 19.8 Å². The van der Waals surface area contributed by atoms with Gasteiger partial charge in [0, 0.05) is 5.75 Å². The fourth-order valence-corrected chi connectivity index (χ4v) is 4.08. The van der Waals surface area contributed by atoms with Gasteiger partial charge in [0.05, 0.1) is 24.6 Å². The van der Waals surface area contributed by atoms with Gasteiger partial charge in [-0.25, -0.2) is 9.98 Å². The van der Waals surface area contributed by atoms with Gasteiger partial charge in [-0.1, -0.05) is 68.1 Å². The molecule has 1 aliphatic rings. The summed E-state index contributed by atoms with van der Waals surface area (Å²) in [4.78, 5) is 24.7. The van der Waals surface area contributed by atoms with Crippen molar-refractivity contribution in [3.8, 4) is 0 Å². The number of para-hydroxylation sites is 1. The largest absolute Gasteiger partial charge is 0.861 e. The molecule has 1 aromatic heterocycles. The first kappa shape index (κ1) is 24.2. The van der Waals surface area contributed by atoms with Crippen LogP contribution in [-0.2, 0) is 4.79 Å². The van der Waals surface area contributed by atoms with E-state index in [4.69, 9.17) is 4.52 Å². The molecule has 1 amide bonds. The lowest BCUT2D eigenvalue weighted by Crippen LogP contribution is -2.53. The molecule has 2 heterocycles. The third-order valence-electron chi connectivity index (χ3n) is 5.16. The van der Waals surface area contributed by atoms with E-state index in [1.54, 1.807) is 25.2 Å². The molecule has 35 heavy (non-hydrogen) atoms. The predicted octanol–water partition coefficient (Wildman–Crippen LogP) is 2.85. The number of anilines is 1. The zero-order valence-corrected chi connectivity index (χ0v) is 20.8. The summed E-state index contributed by atoms with van der Waals surface area (Å²) >= 11 is 1.14. The molecule has 0 fully saturated rings. The Balaban J connectivity index is 1.57. The van der Waals surface area contributed by atoms with Crippen molar-refractivity contribution >= 4 is 46.4 Å². The molecule has 180 valence electrons. The number of carbonyl (C=O) groups excluding carboxylic acids is 1. The Bertz CT molecular complexity index is 1280. The number of thioether (sulfide) groups is 1. The van der Waals surface area contributed by atoms with Crippen LogP contribution >= 0.6 is 11.8 Å². The van der Waals surface area contributed by atoms with E-state index in [2.05, 4.69) is 41.2 Å². The topological polar surface area (TPSA) is 101 Å². The number of hydrogen-bond donors (Lipinski definition) is 0. The van der Waals surface area contributed by atoms with E-state index in [0.29, 0.717) is 22.5 Å². The highest BCUT2D eigenvalue weighted by Gasteiger charge is 2.31. The zero-order chi connectivity index (χ0) is 24.9. The van der Waals surface area contributed by atoms with Gasteiger partial charge in [0.15, 0.2) is 5.17 Å². The minimum atomic E-state index is -0.429. The molecule has 4 rings (SSSR count). The summed E-state index contributed by atoms with van der Waals surface area (Å²) in [6, 6.07) is 17.3. The Hall–Kier alpha value is -3.92. The quantitative estimate of drug-likeness (QED) is 0.218. The second-order valence-electron chi connectivity index (χ2n) is 8.32. The summed E-state index contributed by atoms with van der Waals surface area (Å²) in [7, 11) is 3.56. The highest BCUT2D eigenvalue weighted by Crippen LogP contribution is 2.29. The number of carbonyl (C=O) groups is 1. The molecule has 0 radical (unpaired) electrons. The summed E-state index contributed by atoms with van der Waals surface area (Å²) in [5.41, 5.74) is 3.08. The molecule has 0 unspecified atom stereocenters.